The van der Waals surface area contributed by atoms with Gasteiger partial charge in [0.1, 0.15) is 12.4 Å². The molecule has 2 amide bonds. The summed E-state index contributed by atoms with van der Waals surface area (Å²) in [6.07, 6.45) is 3.39. The Kier molecular flexibility index (Phi) is 7.55. The lowest BCUT2D eigenvalue weighted by Crippen LogP contribution is -2.16. The molecule has 0 atom stereocenters. The van der Waals surface area contributed by atoms with Gasteiger partial charge in [0, 0.05) is 41.0 Å². The van der Waals surface area contributed by atoms with Gasteiger partial charge in [0.05, 0.1) is 12.7 Å². The van der Waals surface area contributed by atoms with Gasteiger partial charge in [-0.05, 0) is 55.0 Å². The Bertz CT molecular complexity index is 1390. The molecule has 36 heavy (non-hydrogen) atoms. The third-order valence-corrected chi connectivity index (χ3v) is 5.41. The summed E-state index contributed by atoms with van der Waals surface area (Å²) in [4.78, 5) is 29.6. The zero-order valence-electron chi connectivity index (χ0n) is 19.7. The largest absolute Gasteiger partial charge is 0.493 e. The molecule has 0 saturated carbocycles. The fourth-order valence-corrected chi connectivity index (χ4v) is 3.45. The minimum Gasteiger partial charge on any atom is -0.493 e. The number of amides is 2. The van der Waals surface area contributed by atoms with E-state index in [2.05, 4.69) is 15.6 Å². The van der Waals surface area contributed by atoms with Gasteiger partial charge in [0.15, 0.2) is 11.5 Å². The number of benzene rings is 3. The van der Waals surface area contributed by atoms with Crippen LogP contribution in [0.15, 0.2) is 85.2 Å². The van der Waals surface area contributed by atoms with E-state index in [0.29, 0.717) is 28.4 Å². The molecule has 0 radical (unpaired) electrons. The molecule has 2 N–H and O–H groups in total. The van der Waals surface area contributed by atoms with Crippen molar-refractivity contribution in [2.75, 3.05) is 17.7 Å². The van der Waals surface area contributed by atoms with Gasteiger partial charge >= 0.3 is 0 Å². The Labute approximate surface area is 207 Å². The van der Waals surface area contributed by atoms with Crippen molar-refractivity contribution in [2.24, 2.45) is 0 Å². The number of rotatable bonds is 8. The van der Waals surface area contributed by atoms with Crippen LogP contribution in [0.2, 0.25) is 0 Å². The molecule has 0 spiro atoms. The number of nitrogens with zero attached hydrogens (tertiary/aromatic N) is 1. The number of hydrogen-bond donors (Lipinski definition) is 2. The minimum atomic E-state index is -0.623. The highest BCUT2D eigenvalue weighted by Gasteiger charge is 2.15. The fraction of sp³-hybridized carbons (Fsp3) is 0.107. The van der Waals surface area contributed by atoms with E-state index in [9.17, 15) is 14.0 Å². The Morgan fingerprint density at radius 2 is 1.75 bits per heavy atom. The molecule has 0 bridgehead atoms. The first-order chi connectivity index (χ1) is 17.4. The number of ether oxygens (including phenoxy) is 2. The second-order valence-corrected chi connectivity index (χ2v) is 7.93. The molecule has 0 aliphatic heterocycles. The first kappa shape index (κ1) is 24.4. The molecule has 0 aliphatic rings. The number of pyridine rings is 1. The van der Waals surface area contributed by atoms with Gasteiger partial charge in [-0.15, -0.1) is 0 Å². The number of methoxy groups -OCH3 is 1. The van der Waals surface area contributed by atoms with E-state index in [1.54, 1.807) is 61.8 Å². The normalized spacial score (nSPS) is 10.4. The van der Waals surface area contributed by atoms with Gasteiger partial charge in [-0.1, -0.05) is 24.3 Å². The number of aryl methyl sites for hydroxylation is 1. The first-order valence-corrected chi connectivity index (χ1v) is 11.1. The number of nitrogens with one attached hydrogen (secondary N) is 2. The van der Waals surface area contributed by atoms with Crippen LogP contribution in [0.4, 0.5) is 15.8 Å². The maximum Gasteiger partial charge on any atom is 0.258 e. The van der Waals surface area contributed by atoms with Crippen molar-refractivity contribution in [1.29, 1.82) is 0 Å². The van der Waals surface area contributed by atoms with E-state index < -0.39 is 11.7 Å². The van der Waals surface area contributed by atoms with Crippen LogP contribution in [0.1, 0.15) is 31.8 Å². The molecule has 0 aliphatic carbocycles. The van der Waals surface area contributed by atoms with E-state index in [0.717, 1.165) is 11.1 Å². The van der Waals surface area contributed by atoms with Crippen LogP contribution in [0, 0.1) is 12.7 Å². The summed E-state index contributed by atoms with van der Waals surface area (Å²) in [6, 6.07) is 19.4. The molecule has 0 unspecified atom stereocenters. The number of anilines is 2. The van der Waals surface area contributed by atoms with Crippen LogP contribution >= 0.6 is 0 Å². The summed E-state index contributed by atoms with van der Waals surface area (Å²) >= 11 is 0. The number of halogens is 1. The monoisotopic (exact) mass is 485 g/mol. The second-order valence-electron chi connectivity index (χ2n) is 7.93. The predicted molar refractivity (Wildman–Crippen MR) is 135 cm³/mol. The van der Waals surface area contributed by atoms with Crippen molar-refractivity contribution in [2.45, 2.75) is 13.5 Å². The van der Waals surface area contributed by atoms with Gasteiger partial charge < -0.3 is 20.1 Å². The topological polar surface area (TPSA) is 89.6 Å². The molecule has 4 aromatic rings. The van der Waals surface area contributed by atoms with Crippen LogP contribution < -0.4 is 20.1 Å². The third-order valence-electron chi connectivity index (χ3n) is 5.41. The molecule has 7 nitrogen and oxygen atoms in total. The summed E-state index contributed by atoms with van der Waals surface area (Å²) in [5, 5.41) is 5.51. The number of carbonyl (C=O) groups excluding carboxylic acids is 2. The van der Waals surface area contributed by atoms with Gasteiger partial charge in [-0.25, -0.2) is 4.39 Å². The Balaban J connectivity index is 1.49. The van der Waals surface area contributed by atoms with Crippen LogP contribution in [-0.2, 0) is 6.61 Å². The van der Waals surface area contributed by atoms with Crippen LogP contribution in [0.3, 0.4) is 0 Å². The minimum absolute atomic E-state index is 0.0798. The number of carbonyl (C=O) groups is 2. The van der Waals surface area contributed by atoms with E-state index >= 15 is 0 Å². The lowest BCUT2D eigenvalue weighted by molar-refractivity contribution is 0.101. The van der Waals surface area contributed by atoms with E-state index in [1.807, 2.05) is 12.1 Å². The average molecular weight is 486 g/mol. The molecule has 8 heteroatoms. The molecular weight excluding hydrogens is 461 g/mol. The van der Waals surface area contributed by atoms with Gasteiger partial charge in [-0.3, -0.25) is 14.6 Å². The summed E-state index contributed by atoms with van der Waals surface area (Å²) < 4.78 is 25.2. The second kappa shape index (κ2) is 11.1. The van der Waals surface area contributed by atoms with Gasteiger partial charge in [-0.2, -0.15) is 0 Å². The Morgan fingerprint density at radius 3 is 2.50 bits per heavy atom. The molecule has 0 saturated heterocycles. The highest BCUT2D eigenvalue weighted by atomic mass is 19.1. The van der Waals surface area contributed by atoms with Crippen LogP contribution in [0.25, 0.3) is 0 Å². The fourth-order valence-electron chi connectivity index (χ4n) is 3.45. The SMILES string of the molecule is COc1ccc(NC(=O)c2ccc(C)c(NC(=O)c3ccccc3F)c2)cc1OCc1cccnc1. The molecule has 1 aromatic heterocycles. The van der Waals surface area contributed by atoms with Crippen LogP contribution in [-0.4, -0.2) is 23.9 Å². The van der Waals surface area contributed by atoms with Crippen molar-refractivity contribution in [3.63, 3.8) is 0 Å². The van der Waals surface area contributed by atoms with Gasteiger partial charge in [0.25, 0.3) is 11.8 Å². The van der Waals surface area contributed by atoms with Crippen molar-refractivity contribution < 1.29 is 23.5 Å². The molecule has 1 heterocycles. The highest BCUT2D eigenvalue weighted by molar-refractivity contribution is 6.08. The van der Waals surface area contributed by atoms with Crippen LogP contribution in [0.5, 0.6) is 11.5 Å². The molecule has 0 fully saturated rings. The van der Waals surface area contributed by atoms with Crippen molar-refractivity contribution >= 4 is 23.2 Å². The summed E-state index contributed by atoms with van der Waals surface area (Å²) in [7, 11) is 1.54. The summed E-state index contributed by atoms with van der Waals surface area (Å²) in [5.74, 6) is -0.632. The quantitative estimate of drug-likeness (QED) is 0.338. The molecule has 4 rings (SSSR count). The van der Waals surface area contributed by atoms with E-state index in [1.165, 1.54) is 25.3 Å². The Hall–Kier alpha value is -4.72. The van der Waals surface area contributed by atoms with E-state index in [-0.39, 0.29) is 18.1 Å². The Morgan fingerprint density at radius 1 is 0.917 bits per heavy atom. The maximum absolute atomic E-state index is 14.0. The number of hydrogen-bond acceptors (Lipinski definition) is 5. The lowest BCUT2D eigenvalue weighted by Gasteiger charge is -2.14. The number of aromatic nitrogens is 1. The predicted octanol–water partition coefficient (Wildman–Crippen LogP) is 5.62. The maximum atomic E-state index is 14.0. The zero-order chi connectivity index (χ0) is 25.5. The highest BCUT2D eigenvalue weighted by Crippen LogP contribution is 2.31. The van der Waals surface area contributed by atoms with Crippen molar-refractivity contribution in [1.82, 2.24) is 4.98 Å². The average Bonchev–Trinajstić information content (AvgIpc) is 2.89. The standard InChI is InChI=1S/C28H24FN3O4/c1-18-9-10-20(14-24(18)32-28(34)22-7-3-4-8-23(22)29)27(33)31-21-11-12-25(35-2)26(15-21)36-17-19-6-5-13-30-16-19/h3-16H,17H2,1-2H3,(H,31,33)(H,32,34). The smallest absolute Gasteiger partial charge is 0.258 e. The summed E-state index contributed by atoms with van der Waals surface area (Å²) in [5.41, 5.74) is 2.76. The van der Waals surface area contributed by atoms with Gasteiger partial charge in [0.2, 0.25) is 0 Å². The van der Waals surface area contributed by atoms with Crippen molar-refractivity contribution in [3.05, 3.63) is 113 Å². The zero-order valence-corrected chi connectivity index (χ0v) is 19.7. The summed E-state index contributed by atoms with van der Waals surface area (Å²) in [6.45, 7) is 2.07. The molecular formula is C28H24FN3O4. The first-order valence-electron chi connectivity index (χ1n) is 11.1. The van der Waals surface area contributed by atoms with E-state index in [4.69, 9.17) is 9.47 Å². The third kappa shape index (κ3) is 5.85. The van der Waals surface area contributed by atoms with Crippen molar-refractivity contribution in [3.8, 4) is 11.5 Å². The lowest BCUT2D eigenvalue weighted by atomic mass is 10.1. The molecule has 3 aromatic carbocycles. The molecule has 182 valence electrons.